The Morgan fingerprint density at radius 1 is 1.12 bits per heavy atom. The van der Waals surface area contributed by atoms with E-state index in [0.29, 0.717) is 12.4 Å². The minimum Gasteiger partial charge on any atom is -0.324 e. The number of benzene rings is 1. The molecule has 1 aromatic heterocycles. The SMILES string of the molecule is Cc1cc(C)c(-c2n[nH]c(CN)n2)cc1C. The van der Waals surface area contributed by atoms with Gasteiger partial charge >= 0.3 is 0 Å². The quantitative estimate of drug-likeness (QED) is 0.805. The number of aromatic nitrogens is 3. The lowest BCUT2D eigenvalue weighted by Gasteiger charge is -2.06. The Kier molecular flexibility index (Phi) is 2.75. The summed E-state index contributed by atoms with van der Waals surface area (Å²) in [6.07, 6.45) is 0. The van der Waals surface area contributed by atoms with Crippen LogP contribution in [0.15, 0.2) is 12.1 Å². The molecule has 16 heavy (non-hydrogen) atoms. The van der Waals surface area contributed by atoms with E-state index in [1.165, 1.54) is 16.7 Å². The number of aromatic amines is 1. The van der Waals surface area contributed by atoms with Gasteiger partial charge in [0.2, 0.25) is 0 Å². The van der Waals surface area contributed by atoms with E-state index in [1.807, 2.05) is 0 Å². The molecule has 0 saturated carbocycles. The number of aryl methyl sites for hydroxylation is 3. The summed E-state index contributed by atoms with van der Waals surface area (Å²) in [6, 6.07) is 4.28. The maximum Gasteiger partial charge on any atom is 0.181 e. The Morgan fingerprint density at radius 2 is 1.81 bits per heavy atom. The van der Waals surface area contributed by atoms with E-state index in [4.69, 9.17) is 5.73 Å². The zero-order valence-electron chi connectivity index (χ0n) is 9.83. The van der Waals surface area contributed by atoms with E-state index in [9.17, 15) is 0 Å². The van der Waals surface area contributed by atoms with Crippen LogP contribution in [0.1, 0.15) is 22.5 Å². The summed E-state index contributed by atoms with van der Waals surface area (Å²) in [6.45, 7) is 6.65. The third-order valence-corrected chi connectivity index (χ3v) is 2.81. The molecule has 3 N–H and O–H groups in total. The second-order valence-electron chi connectivity index (χ2n) is 4.06. The van der Waals surface area contributed by atoms with Crippen molar-refractivity contribution in [3.63, 3.8) is 0 Å². The second-order valence-corrected chi connectivity index (χ2v) is 4.06. The van der Waals surface area contributed by atoms with E-state index < -0.39 is 0 Å². The Bertz CT molecular complexity index is 514. The van der Waals surface area contributed by atoms with E-state index in [-0.39, 0.29) is 0 Å². The number of H-pyrrole nitrogens is 1. The largest absolute Gasteiger partial charge is 0.324 e. The number of rotatable bonds is 2. The average Bonchev–Trinajstić information content (AvgIpc) is 2.71. The molecule has 1 heterocycles. The predicted octanol–water partition coefficient (Wildman–Crippen LogP) is 1.86. The molecule has 0 radical (unpaired) electrons. The van der Waals surface area contributed by atoms with Crippen molar-refractivity contribution in [2.24, 2.45) is 5.73 Å². The van der Waals surface area contributed by atoms with E-state index in [0.717, 1.165) is 11.4 Å². The van der Waals surface area contributed by atoms with Gasteiger partial charge in [-0.2, -0.15) is 5.10 Å². The molecule has 0 amide bonds. The summed E-state index contributed by atoms with van der Waals surface area (Å²) < 4.78 is 0. The van der Waals surface area contributed by atoms with Crippen molar-refractivity contribution in [2.75, 3.05) is 0 Å². The first-order valence-electron chi connectivity index (χ1n) is 5.31. The molecule has 0 saturated heterocycles. The van der Waals surface area contributed by atoms with Gasteiger partial charge in [-0.05, 0) is 43.5 Å². The molecule has 1 aromatic carbocycles. The molecule has 0 spiro atoms. The molecular formula is C12H16N4. The molecule has 0 aliphatic heterocycles. The van der Waals surface area contributed by atoms with Crippen LogP contribution in [0.25, 0.3) is 11.4 Å². The molecule has 0 aliphatic carbocycles. The van der Waals surface area contributed by atoms with Crippen molar-refractivity contribution in [1.82, 2.24) is 15.2 Å². The van der Waals surface area contributed by atoms with Gasteiger partial charge in [-0.3, -0.25) is 5.10 Å². The van der Waals surface area contributed by atoms with Crippen LogP contribution in [0, 0.1) is 20.8 Å². The summed E-state index contributed by atoms with van der Waals surface area (Å²) >= 11 is 0. The number of nitrogens with zero attached hydrogens (tertiary/aromatic N) is 2. The van der Waals surface area contributed by atoms with Crippen LogP contribution in [0.2, 0.25) is 0 Å². The number of hydrogen-bond donors (Lipinski definition) is 2. The Balaban J connectivity index is 2.51. The third kappa shape index (κ3) is 1.84. The zero-order valence-corrected chi connectivity index (χ0v) is 9.83. The molecule has 2 aromatic rings. The van der Waals surface area contributed by atoms with Gasteiger partial charge in [0, 0.05) is 5.56 Å². The number of nitrogens with one attached hydrogen (secondary N) is 1. The molecule has 4 heteroatoms. The topological polar surface area (TPSA) is 67.6 Å². The lowest BCUT2D eigenvalue weighted by atomic mass is 10.0. The summed E-state index contributed by atoms with van der Waals surface area (Å²) in [5, 5.41) is 7.00. The van der Waals surface area contributed by atoms with Crippen LogP contribution < -0.4 is 5.73 Å². The third-order valence-electron chi connectivity index (χ3n) is 2.81. The Hall–Kier alpha value is -1.68. The smallest absolute Gasteiger partial charge is 0.181 e. The second kappa shape index (κ2) is 4.06. The van der Waals surface area contributed by atoms with Crippen LogP contribution in [0.3, 0.4) is 0 Å². The molecular weight excluding hydrogens is 200 g/mol. The highest BCUT2D eigenvalue weighted by Crippen LogP contribution is 2.23. The van der Waals surface area contributed by atoms with Gasteiger partial charge in [-0.15, -0.1) is 0 Å². The minimum atomic E-state index is 0.386. The zero-order chi connectivity index (χ0) is 11.7. The van der Waals surface area contributed by atoms with Crippen LogP contribution in [0.4, 0.5) is 0 Å². The highest BCUT2D eigenvalue weighted by molar-refractivity contribution is 5.62. The first kappa shape index (κ1) is 10.8. The van der Waals surface area contributed by atoms with Crippen LogP contribution in [-0.2, 0) is 6.54 Å². The van der Waals surface area contributed by atoms with Crippen molar-refractivity contribution < 1.29 is 0 Å². The van der Waals surface area contributed by atoms with Crippen molar-refractivity contribution in [2.45, 2.75) is 27.3 Å². The van der Waals surface area contributed by atoms with Gasteiger partial charge in [0.1, 0.15) is 5.82 Å². The maximum atomic E-state index is 5.50. The standard InChI is InChI=1S/C12H16N4/c1-7-4-9(3)10(5-8(7)2)12-14-11(6-13)15-16-12/h4-5H,6,13H2,1-3H3,(H,14,15,16). The predicted molar refractivity (Wildman–Crippen MR) is 63.9 cm³/mol. The molecule has 0 atom stereocenters. The Morgan fingerprint density at radius 3 is 2.44 bits per heavy atom. The molecule has 0 bridgehead atoms. The van der Waals surface area contributed by atoms with E-state index >= 15 is 0 Å². The highest BCUT2D eigenvalue weighted by atomic mass is 15.2. The number of nitrogens with two attached hydrogens (primary N) is 1. The van der Waals surface area contributed by atoms with Gasteiger partial charge in [-0.25, -0.2) is 4.98 Å². The van der Waals surface area contributed by atoms with Crippen LogP contribution >= 0.6 is 0 Å². The van der Waals surface area contributed by atoms with Gasteiger partial charge in [0.05, 0.1) is 6.54 Å². The summed E-state index contributed by atoms with van der Waals surface area (Å²) in [7, 11) is 0. The first-order chi connectivity index (χ1) is 7.61. The molecule has 0 aliphatic rings. The fourth-order valence-corrected chi connectivity index (χ4v) is 1.71. The monoisotopic (exact) mass is 216 g/mol. The summed E-state index contributed by atoms with van der Waals surface area (Å²) in [5.74, 6) is 1.44. The summed E-state index contributed by atoms with van der Waals surface area (Å²) in [5.41, 5.74) is 10.3. The molecule has 0 fully saturated rings. The normalized spacial score (nSPS) is 10.8. The molecule has 4 nitrogen and oxygen atoms in total. The number of hydrogen-bond acceptors (Lipinski definition) is 3. The maximum absolute atomic E-state index is 5.50. The fourth-order valence-electron chi connectivity index (χ4n) is 1.71. The lowest BCUT2D eigenvalue weighted by Crippen LogP contribution is -1.98. The fraction of sp³-hybridized carbons (Fsp3) is 0.333. The van der Waals surface area contributed by atoms with Crippen molar-refractivity contribution >= 4 is 0 Å². The first-order valence-corrected chi connectivity index (χ1v) is 5.31. The molecule has 2 rings (SSSR count). The molecule has 84 valence electrons. The van der Waals surface area contributed by atoms with E-state index in [2.05, 4.69) is 48.1 Å². The van der Waals surface area contributed by atoms with E-state index in [1.54, 1.807) is 0 Å². The average molecular weight is 216 g/mol. The van der Waals surface area contributed by atoms with Crippen molar-refractivity contribution in [3.8, 4) is 11.4 Å². The highest BCUT2D eigenvalue weighted by Gasteiger charge is 2.09. The van der Waals surface area contributed by atoms with Gasteiger partial charge < -0.3 is 5.73 Å². The minimum absolute atomic E-state index is 0.386. The van der Waals surface area contributed by atoms with Crippen molar-refractivity contribution in [3.05, 3.63) is 34.6 Å². The molecule has 0 unspecified atom stereocenters. The lowest BCUT2D eigenvalue weighted by molar-refractivity contribution is 0.917. The van der Waals surface area contributed by atoms with Crippen LogP contribution in [-0.4, -0.2) is 15.2 Å². The van der Waals surface area contributed by atoms with Gasteiger partial charge in [-0.1, -0.05) is 6.07 Å². The van der Waals surface area contributed by atoms with Crippen molar-refractivity contribution in [1.29, 1.82) is 0 Å². The van der Waals surface area contributed by atoms with Gasteiger partial charge in [0.15, 0.2) is 5.82 Å². The van der Waals surface area contributed by atoms with Crippen LogP contribution in [0.5, 0.6) is 0 Å². The summed E-state index contributed by atoms with van der Waals surface area (Å²) in [4.78, 5) is 4.34. The van der Waals surface area contributed by atoms with Gasteiger partial charge in [0.25, 0.3) is 0 Å². The Labute approximate surface area is 94.9 Å².